The first-order valence-corrected chi connectivity index (χ1v) is 6.49. The summed E-state index contributed by atoms with van der Waals surface area (Å²) in [4.78, 5) is 6.64. The third kappa shape index (κ3) is 2.87. The Kier molecular flexibility index (Phi) is 3.84. The van der Waals surface area contributed by atoms with Crippen molar-refractivity contribution in [2.45, 2.75) is 45.9 Å². The maximum Gasteiger partial charge on any atom is 0.0951 e. The van der Waals surface area contributed by atoms with E-state index >= 15 is 0 Å². The Morgan fingerprint density at radius 1 is 1.53 bits per heavy atom. The summed E-state index contributed by atoms with van der Waals surface area (Å²) in [5.41, 5.74) is 1.27. The van der Waals surface area contributed by atoms with Gasteiger partial charge in [0.25, 0.3) is 0 Å². The van der Waals surface area contributed by atoms with E-state index in [1.807, 2.05) is 12.5 Å². The van der Waals surface area contributed by atoms with E-state index in [-0.39, 0.29) is 6.10 Å². The van der Waals surface area contributed by atoms with E-state index in [4.69, 9.17) is 0 Å². The first kappa shape index (κ1) is 12.6. The predicted octanol–water partition coefficient (Wildman–Crippen LogP) is 1.67. The van der Waals surface area contributed by atoms with Crippen LogP contribution in [0.15, 0.2) is 12.5 Å². The molecule has 96 valence electrons. The molecule has 0 radical (unpaired) electrons. The molecule has 2 atom stereocenters. The van der Waals surface area contributed by atoms with E-state index in [9.17, 15) is 5.11 Å². The molecule has 2 rings (SSSR count). The van der Waals surface area contributed by atoms with Crippen molar-refractivity contribution in [2.24, 2.45) is 5.92 Å². The number of likely N-dealkylation sites (tertiary alicyclic amines) is 1. The van der Waals surface area contributed by atoms with Crippen LogP contribution in [-0.4, -0.2) is 38.8 Å². The van der Waals surface area contributed by atoms with Crippen molar-refractivity contribution in [2.75, 3.05) is 13.1 Å². The maximum absolute atomic E-state index is 9.72. The number of imidazole rings is 1. The molecule has 4 heteroatoms. The van der Waals surface area contributed by atoms with E-state index in [2.05, 4.69) is 35.2 Å². The highest BCUT2D eigenvalue weighted by atomic mass is 16.3. The summed E-state index contributed by atoms with van der Waals surface area (Å²) in [5.74, 6) is 0.374. The Bertz CT molecular complexity index is 361. The summed E-state index contributed by atoms with van der Waals surface area (Å²) in [7, 11) is 0. The van der Waals surface area contributed by atoms with Gasteiger partial charge in [0.05, 0.1) is 18.1 Å². The van der Waals surface area contributed by atoms with Crippen LogP contribution in [0.1, 0.15) is 38.9 Å². The van der Waals surface area contributed by atoms with E-state index in [1.54, 1.807) is 0 Å². The molecule has 1 fully saturated rings. The topological polar surface area (TPSA) is 41.3 Å². The summed E-state index contributed by atoms with van der Waals surface area (Å²) >= 11 is 0. The average Bonchev–Trinajstić information content (AvgIpc) is 2.72. The van der Waals surface area contributed by atoms with Crippen molar-refractivity contribution in [3.8, 4) is 0 Å². The molecule has 1 aliphatic heterocycles. The Balaban J connectivity index is 1.99. The summed E-state index contributed by atoms with van der Waals surface area (Å²) in [6, 6.07) is 0.459. The molecule has 0 amide bonds. The van der Waals surface area contributed by atoms with Gasteiger partial charge in [0.2, 0.25) is 0 Å². The molecule has 2 unspecified atom stereocenters. The Morgan fingerprint density at radius 2 is 2.29 bits per heavy atom. The Hall–Kier alpha value is -0.870. The van der Waals surface area contributed by atoms with Gasteiger partial charge in [-0.25, -0.2) is 4.98 Å². The van der Waals surface area contributed by atoms with Crippen LogP contribution in [0.3, 0.4) is 0 Å². The summed E-state index contributed by atoms with van der Waals surface area (Å²) in [6.07, 6.45) is 4.62. The first-order chi connectivity index (χ1) is 8.08. The van der Waals surface area contributed by atoms with Gasteiger partial charge in [0.1, 0.15) is 0 Å². The number of piperidine rings is 1. The first-order valence-electron chi connectivity index (χ1n) is 6.49. The van der Waals surface area contributed by atoms with Crippen LogP contribution in [0.4, 0.5) is 0 Å². The fourth-order valence-corrected chi connectivity index (χ4v) is 2.51. The van der Waals surface area contributed by atoms with Gasteiger partial charge < -0.3 is 9.67 Å². The SMILES string of the molecule is CC1CN(Cc2cncn2C(C)C)CCC1O. The predicted molar refractivity (Wildman–Crippen MR) is 67.7 cm³/mol. The van der Waals surface area contributed by atoms with Crippen molar-refractivity contribution in [1.29, 1.82) is 0 Å². The summed E-state index contributed by atoms with van der Waals surface area (Å²) in [5, 5.41) is 9.72. The second-order valence-corrected chi connectivity index (χ2v) is 5.45. The zero-order valence-corrected chi connectivity index (χ0v) is 11.0. The largest absolute Gasteiger partial charge is 0.393 e. The van der Waals surface area contributed by atoms with E-state index in [1.165, 1.54) is 5.69 Å². The number of hydrogen-bond donors (Lipinski definition) is 1. The number of rotatable bonds is 3. The molecule has 0 spiro atoms. The molecule has 4 nitrogen and oxygen atoms in total. The number of nitrogens with zero attached hydrogens (tertiary/aromatic N) is 3. The molecule has 2 heterocycles. The highest BCUT2D eigenvalue weighted by Gasteiger charge is 2.24. The molecule has 1 saturated heterocycles. The highest BCUT2D eigenvalue weighted by Crippen LogP contribution is 2.19. The van der Waals surface area contributed by atoms with E-state index < -0.39 is 0 Å². The normalized spacial score (nSPS) is 26.6. The Morgan fingerprint density at radius 3 is 2.94 bits per heavy atom. The molecular formula is C13H23N3O. The number of aromatic nitrogens is 2. The van der Waals surface area contributed by atoms with Crippen molar-refractivity contribution < 1.29 is 5.11 Å². The second-order valence-electron chi connectivity index (χ2n) is 5.45. The quantitative estimate of drug-likeness (QED) is 0.869. The molecule has 0 saturated carbocycles. The van der Waals surface area contributed by atoms with Crippen molar-refractivity contribution >= 4 is 0 Å². The minimum atomic E-state index is -0.124. The van der Waals surface area contributed by atoms with Gasteiger partial charge in [-0.2, -0.15) is 0 Å². The zero-order valence-electron chi connectivity index (χ0n) is 11.0. The average molecular weight is 237 g/mol. The molecule has 1 aromatic heterocycles. The lowest BCUT2D eigenvalue weighted by molar-refractivity contribution is 0.0311. The van der Waals surface area contributed by atoms with Crippen LogP contribution in [0, 0.1) is 5.92 Å². The second kappa shape index (κ2) is 5.19. The monoisotopic (exact) mass is 237 g/mol. The molecule has 0 aromatic carbocycles. The molecule has 17 heavy (non-hydrogen) atoms. The molecule has 0 bridgehead atoms. The van der Waals surface area contributed by atoms with E-state index in [0.29, 0.717) is 12.0 Å². The molecule has 1 N–H and O–H groups in total. The van der Waals surface area contributed by atoms with Crippen LogP contribution in [0.25, 0.3) is 0 Å². The lowest BCUT2D eigenvalue weighted by Gasteiger charge is -2.34. The zero-order chi connectivity index (χ0) is 12.4. The van der Waals surface area contributed by atoms with Crippen molar-refractivity contribution in [1.82, 2.24) is 14.5 Å². The summed E-state index contributed by atoms with van der Waals surface area (Å²) < 4.78 is 2.22. The van der Waals surface area contributed by atoms with Gasteiger partial charge in [-0.1, -0.05) is 6.92 Å². The minimum absolute atomic E-state index is 0.124. The fraction of sp³-hybridized carbons (Fsp3) is 0.769. The van der Waals surface area contributed by atoms with Gasteiger partial charge in [0.15, 0.2) is 0 Å². The van der Waals surface area contributed by atoms with Crippen LogP contribution in [0.5, 0.6) is 0 Å². The summed E-state index contributed by atoms with van der Waals surface area (Å²) in [6.45, 7) is 9.37. The third-order valence-corrected chi connectivity index (χ3v) is 3.63. The number of hydrogen-bond acceptors (Lipinski definition) is 3. The van der Waals surface area contributed by atoms with Gasteiger partial charge in [-0.15, -0.1) is 0 Å². The van der Waals surface area contributed by atoms with Crippen LogP contribution < -0.4 is 0 Å². The lowest BCUT2D eigenvalue weighted by Crippen LogP contribution is -2.41. The molecule has 1 aliphatic rings. The van der Waals surface area contributed by atoms with Gasteiger partial charge in [-0.3, -0.25) is 4.90 Å². The van der Waals surface area contributed by atoms with Gasteiger partial charge in [0, 0.05) is 31.9 Å². The number of aliphatic hydroxyl groups is 1. The van der Waals surface area contributed by atoms with Crippen LogP contribution in [0.2, 0.25) is 0 Å². The maximum atomic E-state index is 9.72. The number of aliphatic hydroxyl groups excluding tert-OH is 1. The van der Waals surface area contributed by atoms with Crippen LogP contribution >= 0.6 is 0 Å². The van der Waals surface area contributed by atoms with Crippen molar-refractivity contribution in [3.63, 3.8) is 0 Å². The molecular weight excluding hydrogens is 214 g/mol. The lowest BCUT2D eigenvalue weighted by atomic mass is 9.97. The van der Waals surface area contributed by atoms with E-state index in [0.717, 1.165) is 26.1 Å². The van der Waals surface area contributed by atoms with Crippen LogP contribution in [-0.2, 0) is 6.54 Å². The van der Waals surface area contributed by atoms with Gasteiger partial charge >= 0.3 is 0 Å². The standard InChI is InChI=1S/C13H23N3O/c1-10(2)16-9-14-6-12(16)8-15-5-4-13(17)11(3)7-15/h6,9-11,13,17H,4-5,7-8H2,1-3H3. The van der Waals surface area contributed by atoms with Crippen molar-refractivity contribution in [3.05, 3.63) is 18.2 Å². The Labute approximate surface area is 103 Å². The highest BCUT2D eigenvalue weighted by molar-refractivity contribution is 5.00. The third-order valence-electron chi connectivity index (χ3n) is 3.63. The fourth-order valence-electron chi connectivity index (χ4n) is 2.51. The van der Waals surface area contributed by atoms with Gasteiger partial charge in [-0.05, 0) is 26.2 Å². The molecule has 1 aromatic rings. The smallest absolute Gasteiger partial charge is 0.0951 e. The molecule has 0 aliphatic carbocycles. The minimum Gasteiger partial charge on any atom is -0.393 e.